The molecule has 0 spiro atoms. The molecule has 1 heterocycles. The maximum absolute atomic E-state index is 11.1. The Morgan fingerprint density at radius 3 is 2.82 bits per heavy atom. The molecule has 0 radical (unpaired) electrons. The molecule has 2 rings (SSSR count). The highest BCUT2D eigenvalue weighted by molar-refractivity contribution is 5.73. The van der Waals surface area contributed by atoms with Gasteiger partial charge in [-0.3, -0.25) is 9.69 Å². The molecule has 1 aliphatic carbocycles. The van der Waals surface area contributed by atoms with E-state index in [4.69, 9.17) is 5.11 Å². The Kier molecular flexibility index (Phi) is 4.43. The molecular formula is C14H25NO2. The quantitative estimate of drug-likeness (QED) is 0.820. The van der Waals surface area contributed by atoms with Gasteiger partial charge in [0, 0.05) is 0 Å². The summed E-state index contributed by atoms with van der Waals surface area (Å²) in [6.07, 6.45) is 8.57. The SMILES string of the molecule is C[C@H]1CCC[C@@H](CCN2CCC[C@@H]2C(=O)O)C1. The van der Waals surface area contributed by atoms with E-state index in [1.165, 1.54) is 32.1 Å². The van der Waals surface area contributed by atoms with Gasteiger partial charge in [0.15, 0.2) is 0 Å². The van der Waals surface area contributed by atoms with Gasteiger partial charge < -0.3 is 5.11 Å². The first-order valence-electron chi connectivity index (χ1n) is 7.13. The van der Waals surface area contributed by atoms with Crippen molar-refractivity contribution >= 4 is 5.97 Å². The highest BCUT2D eigenvalue weighted by Crippen LogP contribution is 2.31. The zero-order valence-corrected chi connectivity index (χ0v) is 10.9. The molecule has 2 aliphatic rings. The van der Waals surface area contributed by atoms with Crippen LogP contribution in [0, 0.1) is 11.8 Å². The molecule has 1 saturated heterocycles. The zero-order valence-electron chi connectivity index (χ0n) is 10.9. The molecule has 1 saturated carbocycles. The van der Waals surface area contributed by atoms with Crippen LogP contribution in [0.2, 0.25) is 0 Å². The molecule has 3 nitrogen and oxygen atoms in total. The second-order valence-electron chi connectivity index (χ2n) is 5.96. The second-order valence-corrected chi connectivity index (χ2v) is 5.96. The van der Waals surface area contributed by atoms with Gasteiger partial charge in [-0.05, 0) is 50.6 Å². The Hall–Kier alpha value is -0.570. The van der Waals surface area contributed by atoms with E-state index >= 15 is 0 Å². The van der Waals surface area contributed by atoms with E-state index in [9.17, 15) is 4.79 Å². The summed E-state index contributed by atoms with van der Waals surface area (Å²) in [5.74, 6) is 1.09. The molecule has 1 N–H and O–H groups in total. The van der Waals surface area contributed by atoms with Crippen LogP contribution in [0.1, 0.15) is 51.9 Å². The molecule has 0 unspecified atom stereocenters. The summed E-state index contributed by atoms with van der Waals surface area (Å²) in [6.45, 7) is 4.33. The van der Waals surface area contributed by atoms with E-state index in [-0.39, 0.29) is 6.04 Å². The molecule has 0 aromatic carbocycles. The summed E-state index contributed by atoms with van der Waals surface area (Å²) in [5.41, 5.74) is 0. The number of carbonyl (C=O) groups is 1. The van der Waals surface area contributed by atoms with Crippen molar-refractivity contribution in [1.82, 2.24) is 4.90 Å². The standard InChI is InChI=1S/C14H25NO2/c1-11-4-2-5-12(10-11)7-9-15-8-3-6-13(15)14(16)17/h11-13H,2-10H2,1H3,(H,16,17)/t11-,12-,13+/m0/s1. The van der Waals surface area contributed by atoms with Crippen molar-refractivity contribution < 1.29 is 9.90 Å². The first-order valence-corrected chi connectivity index (χ1v) is 7.13. The average Bonchev–Trinajstić information content (AvgIpc) is 2.74. The summed E-state index contributed by atoms with van der Waals surface area (Å²) in [6, 6.07) is -0.198. The molecule has 3 atom stereocenters. The van der Waals surface area contributed by atoms with Crippen LogP contribution in [-0.2, 0) is 4.79 Å². The minimum Gasteiger partial charge on any atom is -0.480 e. The van der Waals surface area contributed by atoms with Crippen LogP contribution in [0.25, 0.3) is 0 Å². The summed E-state index contributed by atoms with van der Waals surface area (Å²) >= 11 is 0. The van der Waals surface area contributed by atoms with Crippen LogP contribution < -0.4 is 0 Å². The first-order chi connectivity index (χ1) is 8.16. The number of rotatable bonds is 4. The zero-order chi connectivity index (χ0) is 12.3. The summed E-state index contributed by atoms with van der Waals surface area (Å²) in [4.78, 5) is 13.3. The smallest absolute Gasteiger partial charge is 0.320 e. The van der Waals surface area contributed by atoms with Gasteiger partial charge >= 0.3 is 5.97 Å². The Balaban J connectivity index is 1.75. The number of hydrogen-bond donors (Lipinski definition) is 1. The monoisotopic (exact) mass is 239 g/mol. The number of likely N-dealkylation sites (tertiary alicyclic amines) is 1. The Labute approximate surface area is 104 Å². The second kappa shape index (κ2) is 5.85. The van der Waals surface area contributed by atoms with E-state index in [0.717, 1.165) is 37.8 Å². The van der Waals surface area contributed by atoms with E-state index in [1.807, 2.05) is 0 Å². The number of nitrogens with zero attached hydrogens (tertiary/aromatic N) is 1. The van der Waals surface area contributed by atoms with Crippen LogP contribution in [-0.4, -0.2) is 35.1 Å². The maximum atomic E-state index is 11.1. The van der Waals surface area contributed by atoms with Gasteiger partial charge in [0.25, 0.3) is 0 Å². The fourth-order valence-electron chi connectivity index (χ4n) is 3.54. The molecule has 17 heavy (non-hydrogen) atoms. The molecular weight excluding hydrogens is 214 g/mol. The summed E-state index contributed by atoms with van der Waals surface area (Å²) in [7, 11) is 0. The Morgan fingerprint density at radius 2 is 2.12 bits per heavy atom. The van der Waals surface area contributed by atoms with Gasteiger partial charge in [0.2, 0.25) is 0 Å². The van der Waals surface area contributed by atoms with Crippen LogP contribution in [0.4, 0.5) is 0 Å². The van der Waals surface area contributed by atoms with Crippen molar-refractivity contribution in [1.29, 1.82) is 0 Å². The van der Waals surface area contributed by atoms with E-state index < -0.39 is 5.97 Å². The van der Waals surface area contributed by atoms with Crippen molar-refractivity contribution in [2.75, 3.05) is 13.1 Å². The first kappa shape index (κ1) is 12.9. The van der Waals surface area contributed by atoms with Crippen molar-refractivity contribution in [3.8, 4) is 0 Å². The molecule has 1 aliphatic heterocycles. The molecule has 2 fully saturated rings. The summed E-state index contributed by atoms with van der Waals surface area (Å²) in [5, 5.41) is 9.12. The van der Waals surface area contributed by atoms with Gasteiger partial charge in [-0.25, -0.2) is 0 Å². The van der Waals surface area contributed by atoms with Gasteiger partial charge in [0.05, 0.1) is 0 Å². The fourth-order valence-corrected chi connectivity index (χ4v) is 3.54. The topological polar surface area (TPSA) is 40.5 Å². The van der Waals surface area contributed by atoms with E-state index in [2.05, 4.69) is 11.8 Å². The van der Waals surface area contributed by atoms with Gasteiger partial charge in [-0.2, -0.15) is 0 Å². The fraction of sp³-hybridized carbons (Fsp3) is 0.929. The van der Waals surface area contributed by atoms with Crippen LogP contribution in [0.5, 0.6) is 0 Å². The molecule has 0 bridgehead atoms. The Bertz CT molecular complexity index is 267. The van der Waals surface area contributed by atoms with Crippen molar-refractivity contribution in [3.63, 3.8) is 0 Å². The highest BCUT2D eigenvalue weighted by atomic mass is 16.4. The minimum absolute atomic E-state index is 0.198. The van der Waals surface area contributed by atoms with Gasteiger partial charge in [-0.15, -0.1) is 0 Å². The lowest BCUT2D eigenvalue weighted by Gasteiger charge is -2.29. The van der Waals surface area contributed by atoms with Crippen LogP contribution in [0.3, 0.4) is 0 Å². The van der Waals surface area contributed by atoms with Crippen LogP contribution in [0.15, 0.2) is 0 Å². The lowest BCUT2D eigenvalue weighted by atomic mass is 9.81. The minimum atomic E-state index is -0.625. The number of carboxylic acid groups (broad SMARTS) is 1. The average molecular weight is 239 g/mol. The van der Waals surface area contributed by atoms with Crippen LogP contribution >= 0.6 is 0 Å². The number of aliphatic carboxylic acids is 1. The van der Waals surface area contributed by atoms with E-state index in [1.54, 1.807) is 0 Å². The molecule has 98 valence electrons. The number of hydrogen-bond acceptors (Lipinski definition) is 2. The summed E-state index contributed by atoms with van der Waals surface area (Å²) < 4.78 is 0. The van der Waals surface area contributed by atoms with Crippen molar-refractivity contribution in [2.45, 2.75) is 57.9 Å². The largest absolute Gasteiger partial charge is 0.480 e. The third-order valence-electron chi connectivity index (χ3n) is 4.52. The van der Waals surface area contributed by atoms with E-state index in [0.29, 0.717) is 0 Å². The third-order valence-corrected chi connectivity index (χ3v) is 4.52. The third kappa shape index (κ3) is 3.44. The van der Waals surface area contributed by atoms with Crippen molar-refractivity contribution in [2.24, 2.45) is 11.8 Å². The predicted octanol–water partition coefficient (Wildman–Crippen LogP) is 2.75. The molecule has 0 amide bonds. The van der Waals surface area contributed by atoms with Gasteiger partial charge in [0.1, 0.15) is 6.04 Å². The molecule has 0 aromatic rings. The maximum Gasteiger partial charge on any atom is 0.320 e. The molecule has 3 heteroatoms. The number of carboxylic acids is 1. The van der Waals surface area contributed by atoms with Crippen molar-refractivity contribution in [3.05, 3.63) is 0 Å². The Morgan fingerprint density at radius 1 is 1.29 bits per heavy atom. The lowest BCUT2D eigenvalue weighted by molar-refractivity contribution is -0.142. The normalized spacial score (nSPS) is 35.0. The van der Waals surface area contributed by atoms with Gasteiger partial charge in [-0.1, -0.05) is 26.2 Å². The molecule has 0 aromatic heterocycles. The lowest BCUT2D eigenvalue weighted by Crippen LogP contribution is -2.37. The predicted molar refractivity (Wildman–Crippen MR) is 68.0 cm³/mol. The highest BCUT2D eigenvalue weighted by Gasteiger charge is 2.30.